The number of esters is 1. The van der Waals surface area contributed by atoms with Crippen LogP contribution in [0, 0.1) is 11.2 Å². The van der Waals surface area contributed by atoms with Crippen LogP contribution in [0.5, 0.6) is 0 Å². The van der Waals surface area contributed by atoms with E-state index in [1.165, 1.54) is 24.6 Å². The van der Waals surface area contributed by atoms with Gasteiger partial charge in [-0.15, -0.1) is 0 Å². The van der Waals surface area contributed by atoms with Crippen LogP contribution in [-0.2, 0) is 16.1 Å². The average Bonchev–Trinajstić information content (AvgIpc) is 2.99. The lowest BCUT2D eigenvalue weighted by atomic mass is 9.93. The van der Waals surface area contributed by atoms with Crippen LogP contribution in [0.4, 0.5) is 17.6 Å². The average molecular weight is 394 g/mol. The summed E-state index contributed by atoms with van der Waals surface area (Å²) in [6, 6.07) is 13.6. The minimum atomic E-state index is -4.61. The zero-order valence-electron chi connectivity index (χ0n) is 15.3. The first kappa shape index (κ1) is 19.9. The molecule has 0 fully saturated rings. The van der Waals surface area contributed by atoms with Gasteiger partial charge in [0.2, 0.25) is 0 Å². The largest absolute Gasteiger partial charge is 0.456 e. The third kappa shape index (κ3) is 4.16. The number of alkyl halides is 3. The Kier molecular flexibility index (Phi) is 5.14. The highest BCUT2D eigenvalue weighted by atomic mass is 19.4. The number of fused-ring (bicyclic) bond motifs is 1. The molecule has 0 radical (unpaired) electrons. The van der Waals surface area contributed by atoms with Gasteiger partial charge in [-0.25, -0.2) is 4.39 Å². The molecule has 0 aliphatic heterocycles. The molecule has 1 aromatic heterocycles. The predicted octanol–water partition coefficient (Wildman–Crippen LogP) is 4.97. The van der Waals surface area contributed by atoms with Gasteiger partial charge in [0.25, 0.3) is 0 Å². The number of rotatable bonds is 5. The van der Waals surface area contributed by atoms with Crippen LogP contribution >= 0.6 is 0 Å². The Hall–Kier alpha value is -2.90. The van der Waals surface area contributed by atoms with Crippen molar-refractivity contribution in [2.24, 2.45) is 5.41 Å². The maximum Gasteiger partial charge on any atom is 0.422 e. The Morgan fingerprint density at radius 2 is 1.75 bits per heavy atom. The summed E-state index contributed by atoms with van der Waals surface area (Å²) in [5, 5.41) is 4.99. The lowest BCUT2D eigenvalue weighted by Crippen LogP contribution is -2.34. The molecule has 0 amide bonds. The van der Waals surface area contributed by atoms with E-state index < -0.39 is 30.0 Å². The molecule has 148 valence electrons. The molecule has 0 atom stereocenters. The Balaban J connectivity index is 1.98. The zero-order valence-corrected chi connectivity index (χ0v) is 15.3. The molecule has 3 aromatic rings. The van der Waals surface area contributed by atoms with Gasteiger partial charge < -0.3 is 4.74 Å². The number of hydrogen-bond donors (Lipinski definition) is 0. The SMILES string of the molecule is CC(C)(Cn1nc(-c2ccccc2)c2cccc(F)c21)C(=O)OCC(F)(F)F. The fourth-order valence-corrected chi connectivity index (χ4v) is 2.90. The number of benzene rings is 2. The minimum Gasteiger partial charge on any atom is -0.456 e. The molecule has 0 N–H and O–H groups in total. The van der Waals surface area contributed by atoms with Crippen LogP contribution in [0.3, 0.4) is 0 Å². The molecule has 3 rings (SSSR count). The molecule has 8 heteroatoms. The molecule has 0 bridgehead atoms. The number of halogens is 4. The van der Waals surface area contributed by atoms with E-state index >= 15 is 0 Å². The summed E-state index contributed by atoms with van der Waals surface area (Å²) in [7, 11) is 0. The molecule has 0 aliphatic carbocycles. The van der Waals surface area contributed by atoms with Gasteiger partial charge in [-0.3, -0.25) is 9.48 Å². The molecule has 0 saturated carbocycles. The van der Waals surface area contributed by atoms with E-state index in [1.807, 2.05) is 30.3 Å². The summed E-state index contributed by atoms with van der Waals surface area (Å²) in [5.41, 5.74) is 0.113. The summed E-state index contributed by atoms with van der Waals surface area (Å²) in [6.07, 6.45) is -4.61. The summed E-state index contributed by atoms with van der Waals surface area (Å²) < 4.78 is 57.2. The standard InChI is InChI=1S/C20H18F4N2O2/c1-19(2,18(27)28-12-20(22,23)24)11-26-17-14(9-6-10-15(17)21)16(25-26)13-7-4-3-5-8-13/h3-10H,11-12H2,1-2H3. The monoisotopic (exact) mass is 394 g/mol. The Bertz CT molecular complexity index is 995. The van der Waals surface area contributed by atoms with Crippen molar-refractivity contribution in [1.29, 1.82) is 0 Å². The van der Waals surface area contributed by atoms with E-state index in [4.69, 9.17) is 0 Å². The second-order valence-electron chi connectivity index (χ2n) is 7.08. The van der Waals surface area contributed by atoms with Crippen molar-refractivity contribution in [2.75, 3.05) is 6.61 Å². The van der Waals surface area contributed by atoms with E-state index in [-0.39, 0.29) is 12.1 Å². The minimum absolute atomic E-state index is 0.145. The topological polar surface area (TPSA) is 44.1 Å². The number of aromatic nitrogens is 2. The fourth-order valence-electron chi connectivity index (χ4n) is 2.90. The molecule has 0 saturated heterocycles. The van der Waals surface area contributed by atoms with E-state index in [0.717, 1.165) is 5.56 Å². The van der Waals surface area contributed by atoms with Gasteiger partial charge in [-0.1, -0.05) is 42.5 Å². The van der Waals surface area contributed by atoms with Gasteiger partial charge in [0, 0.05) is 10.9 Å². The van der Waals surface area contributed by atoms with Gasteiger partial charge in [0.1, 0.15) is 17.0 Å². The maximum atomic E-state index is 14.5. The van der Waals surface area contributed by atoms with Gasteiger partial charge in [0.05, 0.1) is 12.0 Å². The first-order valence-electron chi connectivity index (χ1n) is 8.53. The van der Waals surface area contributed by atoms with Gasteiger partial charge in [-0.2, -0.15) is 18.3 Å². The summed E-state index contributed by atoms with van der Waals surface area (Å²) >= 11 is 0. The van der Waals surface area contributed by atoms with Crippen molar-refractivity contribution in [1.82, 2.24) is 9.78 Å². The lowest BCUT2D eigenvalue weighted by molar-refractivity contribution is -0.193. The Labute approximate surface area is 158 Å². The highest BCUT2D eigenvalue weighted by Crippen LogP contribution is 2.32. The van der Waals surface area contributed by atoms with E-state index in [1.54, 1.807) is 12.1 Å². The predicted molar refractivity (Wildman–Crippen MR) is 95.9 cm³/mol. The molecule has 0 unspecified atom stereocenters. The van der Waals surface area contributed by atoms with Crippen molar-refractivity contribution in [3.05, 3.63) is 54.3 Å². The Morgan fingerprint density at radius 1 is 1.07 bits per heavy atom. The van der Waals surface area contributed by atoms with Gasteiger partial charge >= 0.3 is 12.1 Å². The third-order valence-corrected chi connectivity index (χ3v) is 4.23. The summed E-state index contributed by atoms with van der Waals surface area (Å²) in [5.74, 6) is -1.57. The van der Waals surface area contributed by atoms with E-state index in [2.05, 4.69) is 9.84 Å². The van der Waals surface area contributed by atoms with Crippen LogP contribution in [0.2, 0.25) is 0 Å². The van der Waals surface area contributed by atoms with Crippen LogP contribution in [0.1, 0.15) is 13.8 Å². The molecule has 28 heavy (non-hydrogen) atoms. The molecule has 2 aromatic carbocycles. The van der Waals surface area contributed by atoms with Crippen molar-refractivity contribution in [2.45, 2.75) is 26.6 Å². The molecule has 1 heterocycles. The second kappa shape index (κ2) is 7.26. The van der Waals surface area contributed by atoms with Crippen LogP contribution < -0.4 is 0 Å². The molecular weight excluding hydrogens is 376 g/mol. The number of nitrogens with zero attached hydrogens (tertiary/aromatic N) is 2. The highest BCUT2D eigenvalue weighted by molar-refractivity contribution is 5.93. The zero-order chi connectivity index (χ0) is 20.5. The lowest BCUT2D eigenvalue weighted by Gasteiger charge is -2.23. The quantitative estimate of drug-likeness (QED) is 0.453. The van der Waals surface area contributed by atoms with Crippen LogP contribution in [-0.4, -0.2) is 28.5 Å². The fraction of sp³-hybridized carbons (Fsp3) is 0.300. The molecular formula is C20H18F4N2O2. The highest BCUT2D eigenvalue weighted by Gasteiger charge is 2.36. The van der Waals surface area contributed by atoms with Crippen molar-refractivity contribution >= 4 is 16.9 Å². The maximum absolute atomic E-state index is 14.5. The van der Waals surface area contributed by atoms with E-state index in [9.17, 15) is 22.4 Å². The van der Waals surface area contributed by atoms with Crippen LogP contribution in [0.25, 0.3) is 22.2 Å². The van der Waals surface area contributed by atoms with Crippen molar-refractivity contribution in [3.8, 4) is 11.3 Å². The summed E-state index contributed by atoms with van der Waals surface area (Å²) in [4.78, 5) is 12.2. The number of hydrogen-bond acceptors (Lipinski definition) is 3. The second-order valence-corrected chi connectivity index (χ2v) is 7.08. The van der Waals surface area contributed by atoms with Gasteiger partial charge in [-0.05, 0) is 19.9 Å². The summed E-state index contributed by atoms with van der Waals surface area (Å²) in [6.45, 7) is 1.05. The number of carbonyl (C=O) groups excluding carboxylic acids is 1. The van der Waals surface area contributed by atoms with Crippen LogP contribution in [0.15, 0.2) is 48.5 Å². The molecule has 0 aliphatic rings. The third-order valence-electron chi connectivity index (χ3n) is 4.23. The first-order valence-corrected chi connectivity index (χ1v) is 8.53. The van der Waals surface area contributed by atoms with E-state index in [0.29, 0.717) is 11.1 Å². The van der Waals surface area contributed by atoms with Crippen molar-refractivity contribution in [3.63, 3.8) is 0 Å². The number of ether oxygens (including phenoxy) is 1. The Morgan fingerprint density at radius 3 is 2.39 bits per heavy atom. The normalized spacial score (nSPS) is 12.4. The number of carbonyl (C=O) groups is 1. The van der Waals surface area contributed by atoms with Gasteiger partial charge in [0.15, 0.2) is 6.61 Å². The van der Waals surface area contributed by atoms with Crippen molar-refractivity contribution < 1.29 is 27.1 Å². The number of para-hydroxylation sites is 1. The smallest absolute Gasteiger partial charge is 0.422 e. The molecule has 0 spiro atoms. The molecule has 4 nitrogen and oxygen atoms in total. The first-order chi connectivity index (χ1) is 13.1.